The van der Waals surface area contributed by atoms with Crippen molar-refractivity contribution in [1.29, 1.82) is 0 Å². The molecule has 1 heterocycles. The molecule has 1 aliphatic heterocycles. The molecule has 6 heteroatoms. The van der Waals surface area contributed by atoms with E-state index in [1.54, 1.807) is 0 Å². The Morgan fingerprint density at radius 2 is 2.00 bits per heavy atom. The fourth-order valence-corrected chi connectivity index (χ4v) is 2.37. The van der Waals surface area contributed by atoms with Crippen molar-refractivity contribution in [2.75, 3.05) is 25.0 Å². The number of halogens is 4. The summed E-state index contributed by atoms with van der Waals surface area (Å²) in [6.07, 6.45) is -4.29. The summed E-state index contributed by atoms with van der Waals surface area (Å²) in [5.74, 6) is 0. The number of benzene rings is 1. The van der Waals surface area contributed by atoms with Crippen molar-refractivity contribution in [2.24, 2.45) is 0 Å². The Morgan fingerprint density at radius 1 is 1.35 bits per heavy atom. The van der Waals surface area contributed by atoms with Crippen molar-refractivity contribution in [2.45, 2.75) is 12.2 Å². The van der Waals surface area contributed by atoms with Crippen LogP contribution >= 0.6 is 15.9 Å². The SMILES string of the molecule is CN(c1ccc(C(F)(F)F)cc1Br)C1CNC1. The van der Waals surface area contributed by atoms with E-state index in [0.29, 0.717) is 10.5 Å². The predicted octanol–water partition coefficient (Wildman–Crippen LogP) is 2.88. The molecule has 0 unspecified atom stereocenters. The maximum absolute atomic E-state index is 12.5. The number of hydrogen-bond donors (Lipinski definition) is 1. The minimum absolute atomic E-state index is 0.350. The minimum atomic E-state index is -4.29. The molecule has 0 aromatic heterocycles. The van der Waals surface area contributed by atoms with Gasteiger partial charge in [-0.2, -0.15) is 13.2 Å². The maximum atomic E-state index is 12.5. The smallest absolute Gasteiger partial charge is 0.368 e. The highest BCUT2D eigenvalue weighted by Crippen LogP contribution is 2.35. The van der Waals surface area contributed by atoms with Crippen LogP contribution in [-0.2, 0) is 6.18 Å². The zero-order valence-corrected chi connectivity index (χ0v) is 10.8. The minimum Gasteiger partial charge on any atom is -0.368 e. The van der Waals surface area contributed by atoms with Gasteiger partial charge in [0, 0.05) is 24.6 Å². The summed E-state index contributed by atoms with van der Waals surface area (Å²) in [5.41, 5.74) is 0.151. The van der Waals surface area contributed by atoms with Crippen LogP contribution in [0.5, 0.6) is 0 Å². The highest BCUT2D eigenvalue weighted by atomic mass is 79.9. The zero-order chi connectivity index (χ0) is 12.6. The van der Waals surface area contributed by atoms with Crippen LogP contribution in [0.4, 0.5) is 18.9 Å². The quantitative estimate of drug-likeness (QED) is 0.904. The van der Waals surface area contributed by atoms with Gasteiger partial charge in [-0.05, 0) is 34.1 Å². The zero-order valence-electron chi connectivity index (χ0n) is 9.18. The second-order valence-electron chi connectivity index (χ2n) is 4.09. The first-order valence-electron chi connectivity index (χ1n) is 5.20. The molecule has 0 radical (unpaired) electrons. The summed E-state index contributed by atoms with van der Waals surface area (Å²) in [4.78, 5) is 1.99. The molecule has 2 nitrogen and oxygen atoms in total. The molecule has 1 aliphatic rings. The monoisotopic (exact) mass is 308 g/mol. The molecule has 0 bridgehead atoms. The Bertz CT molecular complexity index is 416. The van der Waals surface area contributed by atoms with Crippen LogP contribution in [-0.4, -0.2) is 26.2 Å². The van der Waals surface area contributed by atoms with Crippen molar-refractivity contribution in [3.05, 3.63) is 28.2 Å². The fourth-order valence-electron chi connectivity index (χ4n) is 1.71. The highest BCUT2D eigenvalue weighted by Gasteiger charge is 2.31. The second-order valence-corrected chi connectivity index (χ2v) is 4.94. The van der Waals surface area contributed by atoms with Gasteiger partial charge in [0.05, 0.1) is 17.3 Å². The second kappa shape index (κ2) is 4.49. The van der Waals surface area contributed by atoms with Crippen LogP contribution < -0.4 is 10.2 Å². The molecule has 1 aromatic carbocycles. The Labute approximate surface area is 106 Å². The summed E-state index contributed by atoms with van der Waals surface area (Å²) in [5, 5.41) is 3.13. The number of nitrogens with one attached hydrogen (secondary N) is 1. The largest absolute Gasteiger partial charge is 0.416 e. The molecule has 2 rings (SSSR count). The van der Waals surface area contributed by atoms with Crippen LogP contribution in [0.2, 0.25) is 0 Å². The van der Waals surface area contributed by atoms with Crippen molar-refractivity contribution in [3.8, 4) is 0 Å². The van der Waals surface area contributed by atoms with Gasteiger partial charge in [-0.3, -0.25) is 0 Å². The number of nitrogens with zero attached hydrogens (tertiary/aromatic N) is 1. The Kier molecular flexibility index (Phi) is 3.36. The Hall–Kier alpha value is -0.750. The first-order chi connectivity index (χ1) is 7.89. The van der Waals surface area contributed by atoms with Gasteiger partial charge < -0.3 is 10.2 Å². The summed E-state index contributed by atoms with van der Waals surface area (Å²) in [7, 11) is 1.89. The molecule has 0 aliphatic carbocycles. The van der Waals surface area contributed by atoms with Crippen LogP contribution in [0.1, 0.15) is 5.56 Å². The van der Waals surface area contributed by atoms with Gasteiger partial charge in [-0.15, -0.1) is 0 Å². The fraction of sp³-hybridized carbons (Fsp3) is 0.455. The van der Waals surface area contributed by atoms with E-state index in [1.807, 2.05) is 11.9 Å². The van der Waals surface area contributed by atoms with Crippen molar-refractivity contribution >= 4 is 21.6 Å². The number of alkyl halides is 3. The van der Waals surface area contributed by atoms with Gasteiger partial charge in [0.2, 0.25) is 0 Å². The lowest BCUT2D eigenvalue weighted by molar-refractivity contribution is -0.137. The number of likely N-dealkylation sites (N-methyl/N-ethyl adjacent to an activating group) is 1. The number of rotatable bonds is 2. The summed E-state index contributed by atoms with van der Waals surface area (Å²) in [6.45, 7) is 1.73. The van der Waals surface area contributed by atoms with Crippen LogP contribution in [0.25, 0.3) is 0 Å². The molecule has 1 saturated heterocycles. The Morgan fingerprint density at radius 3 is 2.41 bits per heavy atom. The lowest BCUT2D eigenvalue weighted by atomic mass is 10.1. The van der Waals surface area contributed by atoms with Crippen molar-refractivity contribution < 1.29 is 13.2 Å². The average molecular weight is 309 g/mol. The molecule has 0 spiro atoms. The molecule has 1 aromatic rings. The van der Waals surface area contributed by atoms with Gasteiger partial charge in [-0.1, -0.05) is 0 Å². The summed E-state index contributed by atoms with van der Waals surface area (Å²) in [6, 6.07) is 4.09. The van der Waals surface area contributed by atoms with Gasteiger partial charge in [0.1, 0.15) is 0 Å². The van der Waals surface area contributed by atoms with E-state index < -0.39 is 11.7 Å². The van der Waals surface area contributed by atoms with Crippen LogP contribution in [0.15, 0.2) is 22.7 Å². The van der Waals surface area contributed by atoms with Crippen molar-refractivity contribution in [1.82, 2.24) is 5.32 Å². The molecular formula is C11H12BrF3N2. The lowest BCUT2D eigenvalue weighted by Crippen LogP contribution is -2.56. The third kappa shape index (κ3) is 2.57. The molecule has 1 N–H and O–H groups in total. The predicted molar refractivity (Wildman–Crippen MR) is 64.2 cm³/mol. The molecule has 1 fully saturated rings. The highest BCUT2D eigenvalue weighted by molar-refractivity contribution is 9.10. The normalized spacial score (nSPS) is 16.8. The Balaban J connectivity index is 2.25. The van der Waals surface area contributed by atoms with Gasteiger partial charge in [-0.25, -0.2) is 0 Å². The molecule has 0 atom stereocenters. The van der Waals surface area contributed by atoms with E-state index >= 15 is 0 Å². The summed E-state index contributed by atoms with van der Waals surface area (Å²) >= 11 is 3.20. The van der Waals surface area contributed by atoms with E-state index in [-0.39, 0.29) is 0 Å². The van der Waals surface area contributed by atoms with E-state index in [4.69, 9.17) is 0 Å². The lowest BCUT2D eigenvalue weighted by Gasteiger charge is -2.37. The topological polar surface area (TPSA) is 15.3 Å². The number of hydrogen-bond acceptors (Lipinski definition) is 2. The van der Waals surface area contributed by atoms with Gasteiger partial charge >= 0.3 is 6.18 Å². The number of anilines is 1. The third-order valence-electron chi connectivity index (χ3n) is 2.96. The van der Waals surface area contributed by atoms with Crippen molar-refractivity contribution in [3.63, 3.8) is 0 Å². The van der Waals surface area contributed by atoms with Crippen LogP contribution in [0, 0.1) is 0 Å². The van der Waals surface area contributed by atoms with E-state index in [0.717, 1.165) is 30.9 Å². The standard InChI is InChI=1S/C11H12BrF3N2/c1-17(8-5-16-6-8)10-3-2-7(4-9(10)12)11(13,14)15/h2-4,8,16H,5-6H2,1H3. The van der Waals surface area contributed by atoms with E-state index in [2.05, 4.69) is 21.2 Å². The molecule has 94 valence electrons. The molecule has 0 saturated carbocycles. The molecular weight excluding hydrogens is 297 g/mol. The molecule has 17 heavy (non-hydrogen) atoms. The van der Waals surface area contributed by atoms with Gasteiger partial charge in [0.15, 0.2) is 0 Å². The first-order valence-corrected chi connectivity index (χ1v) is 5.99. The van der Waals surface area contributed by atoms with E-state index in [9.17, 15) is 13.2 Å². The third-order valence-corrected chi connectivity index (χ3v) is 3.60. The van der Waals surface area contributed by atoms with Crippen LogP contribution in [0.3, 0.4) is 0 Å². The first kappa shape index (κ1) is 12.7. The summed E-state index contributed by atoms with van der Waals surface area (Å²) < 4.78 is 38.0. The molecule has 0 amide bonds. The maximum Gasteiger partial charge on any atom is 0.416 e. The van der Waals surface area contributed by atoms with Gasteiger partial charge in [0.25, 0.3) is 0 Å². The average Bonchev–Trinajstić information content (AvgIpc) is 2.12. The van der Waals surface area contributed by atoms with E-state index in [1.165, 1.54) is 6.07 Å².